The second-order valence-corrected chi connectivity index (χ2v) is 4.60. The van der Waals surface area contributed by atoms with E-state index in [1.165, 1.54) is 24.3 Å². The number of nitrogens with one attached hydrogen (secondary N) is 1. The highest BCUT2D eigenvalue weighted by Gasteiger charge is 2.15. The molecule has 1 unspecified atom stereocenters. The third kappa shape index (κ3) is 3.34. The van der Waals surface area contributed by atoms with Crippen molar-refractivity contribution in [3.8, 4) is 0 Å². The quantitative estimate of drug-likeness (QED) is 0.881. The number of carbonyl (C=O) groups is 2. The van der Waals surface area contributed by atoms with Crippen LogP contribution in [0.4, 0.5) is 4.39 Å². The van der Waals surface area contributed by atoms with E-state index in [4.69, 9.17) is 9.52 Å². The molecule has 106 valence electrons. The van der Waals surface area contributed by atoms with Gasteiger partial charge in [-0.2, -0.15) is 0 Å². The summed E-state index contributed by atoms with van der Waals surface area (Å²) in [6, 6.07) is 5.16. The molecule has 1 aromatic carbocycles. The Labute approximate surface area is 114 Å². The van der Waals surface area contributed by atoms with Crippen LogP contribution in [0, 0.1) is 5.82 Å². The average Bonchev–Trinajstić information content (AvgIpc) is 2.79. The van der Waals surface area contributed by atoms with Crippen molar-refractivity contribution in [3.05, 3.63) is 35.8 Å². The number of hydrogen-bond donors (Lipinski definition) is 2. The van der Waals surface area contributed by atoms with E-state index < -0.39 is 17.7 Å². The Kier molecular flexibility index (Phi) is 4.02. The highest BCUT2D eigenvalue weighted by Crippen LogP contribution is 2.20. The summed E-state index contributed by atoms with van der Waals surface area (Å²) in [4.78, 5) is 22.4. The van der Waals surface area contributed by atoms with Gasteiger partial charge >= 0.3 is 5.97 Å². The van der Waals surface area contributed by atoms with Gasteiger partial charge in [0.2, 0.25) is 0 Å². The van der Waals surface area contributed by atoms with Crippen LogP contribution in [0.3, 0.4) is 0 Å². The number of carboxylic acids is 1. The van der Waals surface area contributed by atoms with Crippen molar-refractivity contribution in [2.75, 3.05) is 0 Å². The Morgan fingerprint density at radius 1 is 1.40 bits per heavy atom. The molecule has 2 aromatic rings. The van der Waals surface area contributed by atoms with Gasteiger partial charge in [0, 0.05) is 17.8 Å². The second-order valence-electron chi connectivity index (χ2n) is 4.60. The van der Waals surface area contributed by atoms with Gasteiger partial charge in [-0.25, -0.2) is 4.39 Å². The van der Waals surface area contributed by atoms with Crippen molar-refractivity contribution in [1.29, 1.82) is 0 Å². The first kappa shape index (κ1) is 14.0. The molecule has 0 saturated carbocycles. The summed E-state index contributed by atoms with van der Waals surface area (Å²) in [6.45, 7) is 1.71. The third-order valence-corrected chi connectivity index (χ3v) is 2.87. The zero-order valence-electron chi connectivity index (χ0n) is 10.9. The summed E-state index contributed by atoms with van der Waals surface area (Å²) in [7, 11) is 0. The Morgan fingerprint density at radius 3 is 2.85 bits per heavy atom. The third-order valence-electron chi connectivity index (χ3n) is 2.87. The van der Waals surface area contributed by atoms with Gasteiger partial charge in [0.25, 0.3) is 5.91 Å². The number of amides is 1. The zero-order valence-corrected chi connectivity index (χ0v) is 10.9. The maximum absolute atomic E-state index is 13.0. The van der Waals surface area contributed by atoms with E-state index in [0.29, 0.717) is 17.4 Å². The van der Waals surface area contributed by atoms with Crippen LogP contribution in [-0.4, -0.2) is 23.0 Å². The fraction of sp³-hybridized carbons (Fsp3) is 0.286. The molecule has 2 N–H and O–H groups in total. The lowest BCUT2D eigenvalue weighted by Gasteiger charge is -2.10. The molecule has 2 rings (SSSR count). The van der Waals surface area contributed by atoms with Crippen LogP contribution >= 0.6 is 0 Å². The van der Waals surface area contributed by atoms with Crippen LogP contribution in [0.2, 0.25) is 0 Å². The van der Waals surface area contributed by atoms with E-state index in [1.54, 1.807) is 6.92 Å². The molecule has 20 heavy (non-hydrogen) atoms. The Bertz CT molecular complexity index is 650. The predicted octanol–water partition coefficient (Wildman–Crippen LogP) is 2.56. The van der Waals surface area contributed by atoms with Crippen molar-refractivity contribution in [1.82, 2.24) is 5.32 Å². The number of furan rings is 1. The molecule has 1 amide bonds. The molecule has 0 spiro atoms. The Hall–Kier alpha value is -2.37. The van der Waals surface area contributed by atoms with Crippen LogP contribution in [0.25, 0.3) is 11.0 Å². The van der Waals surface area contributed by atoms with Crippen molar-refractivity contribution in [3.63, 3.8) is 0 Å². The van der Waals surface area contributed by atoms with Gasteiger partial charge in [-0.3, -0.25) is 9.59 Å². The summed E-state index contributed by atoms with van der Waals surface area (Å²) in [5, 5.41) is 11.7. The predicted molar refractivity (Wildman–Crippen MR) is 70.0 cm³/mol. The first-order valence-corrected chi connectivity index (χ1v) is 6.17. The number of hydrogen-bond acceptors (Lipinski definition) is 3. The number of halogens is 1. The van der Waals surface area contributed by atoms with Gasteiger partial charge in [-0.1, -0.05) is 0 Å². The number of carbonyl (C=O) groups excluding carboxylic acids is 1. The largest absolute Gasteiger partial charge is 0.481 e. The minimum Gasteiger partial charge on any atom is -0.481 e. The molecular formula is C14H14FNO4. The van der Waals surface area contributed by atoms with Crippen molar-refractivity contribution < 1.29 is 23.5 Å². The molecule has 0 radical (unpaired) electrons. The molecule has 5 nitrogen and oxygen atoms in total. The molecule has 0 fully saturated rings. The SMILES string of the molecule is CC(CCC(=O)O)NC(=O)c1cc2cc(F)ccc2o1. The fourth-order valence-corrected chi connectivity index (χ4v) is 1.83. The van der Waals surface area contributed by atoms with Gasteiger partial charge in [-0.05, 0) is 37.6 Å². The van der Waals surface area contributed by atoms with Crippen LogP contribution in [0.1, 0.15) is 30.3 Å². The highest BCUT2D eigenvalue weighted by atomic mass is 19.1. The second kappa shape index (κ2) is 5.73. The summed E-state index contributed by atoms with van der Waals surface area (Å²) in [5.74, 6) is -1.68. The highest BCUT2D eigenvalue weighted by molar-refractivity contribution is 5.96. The molecule has 0 aliphatic heterocycles. The summed E-state index contributed by atoms with van der Waals surface area (Å²) in [6.07, 6.45) is 0.308. The molecule has 6 heteroatoms. The molecule has 1 aromatic heterocycles. The van der Waals surface area contributed by atoms with Crippen molar-refractivity contribution >= 4 is 22.8 Å². The van der Waals surface area contributed by atoms with E-state index in [9.17, 15) is 14.0 Å². The van der Waals surface area contributed by atoms with E-state index in [-0.39, 0.29) is 18.2 Å². The average molecular weight is 279 g/mol. The van der Waals surface area contributed by atoms with E-state index in [1.807, 2.05) is 0 Å². The van der Waals surface area contributed by atoms with Gasteiger partial charge < -0.3 is 14.8 Å². The lowest BCUT2D eigenvalue weighted by atomic mass is 10.2. The summed E-state index contributed by atoms with van der Waals surface area (Å²) >= 11 is 0. The molecule has 0 aliphatic carbocycles. The topological polar surface area (TPSA) is 79.5 Å². The number of aliphatic carboxylic acids is 1. The molecular weight excluding hydrogens is 265 g/mol. The number of benzene rings is 1. The maximum atomic E-state index is 13.0. The minimum absolute atomic E-state index is 0.0210. The first-order chi connectivity index (χ1) is 9.45. The summed E-state index contributed by atoms with van der Waals surface area (Å²) in [5.41, 5.74) is 0.426. The van der Waals surface area contributed by atoms with E-state index >= 15 is 0 Å². The van der Waals surface area contributed by atoms with Crippen molar-refractivity contribution in [2.45, 2.75) is 25.8 Å². The van der Waals surface area contributed by atoms with Gasteiger partial charge in [0.1, 0.15) is 11.4 Å². The maximum Gasteiger partial charge on any atom is 0.303 e. The zero-order chi connectivity index (χ0) is 14.7. The van der Waals surface area contributed by atoms with Crippen LogP contribution in [-0.2, 0) is 4.79 Å². The van der Waals surface area contributed by atoms with E-state index in [0.717, 1.165) is 0 Å². The van der Waals surface area contributed by atoms with Crippen LogP contribution < -0.4 is 5.32 Å². The number of carboxylic acid groups (broad SMARTS) is 1. The normalized spacial score (nSPS) is 12.3. The molecule has 1 atom stereocenters. The van der Waals surface area contributed by atoms with Gasteiger partial charge in [0.15, 0.2) is 5.76 Å². The number of rotatable bonds is 5. The summed E-state index contributed by atoms with van der Waals surface area (Å²) < 4.78 is 18.4. The Morgan fingerprint density at radius 2 is 2.15 bits per heavy atom. The van der Waals surface area contributed by atoms with Gasteiger partial charge in [-0.15, -0.1) is 0 Å². The number of fused-ring (bicyclic) bond motifs is 1. The van der Waals surface area contributed by atoms with E-state index in [2.05, 4.69) is 5.32 Å². The lowest BCUT2D eigenvalue weighted by molar-refractivity contribution is -0.137. The fourth-order valence-electron chi connectivity index (χ4n) is 1.83. The minimum atomic E-state index is -0.912. The van der Waals surface area contributed by atoms with Crippen molar-refractivity contribution in [2.24, 2.45) is 0 Å². The molecule has 0 aliphatic rings. The Balaban J connectivity index is 2.05. The smallest absolute Gasteiger partial charge is 0.303 e. The molecule has 0 saturated heterocycles. The van der Waals surface area contributed by atoms with Crippen LogP contribution in [0.5, 0.6) is 0 Å². The van der Waals surface area contributed by atoms with Crippen LogP contribution in [0.15, 0.2) is 28.7 Å². The van der Waals surface area contributed by atoms with Gasteiger partial charge in [0.05, 0.1) is 0 Å². The lowest BCUT2D eigenvalue weighted by Crippen LogP contribution is -2.32. The first-order valence-electron chi connectivity index (χ1n) is 6.17. The standard InChI is InChI=1S/C14H14FNO4/c1-8(2-5-13(17)18)16-14(19)12-7-9-6-10(15)3-4-11(9)20-12/h3-4,6-8H,2,5H2,1H3,(H,16,19)(H,17,18). The monoisotopic (exact) mass is 279 g/mol. The molecule has 1 heterocycles. The molecule has 0 bridgehead atoms.